The lowest BCUT2D eigenvalue weighted by atomic mass is 10.1. The van der Waals surface area contributed by atoms with E-state index in [0.717, 1.165) is 25.9 Å². The van der Waals surface area contributed by atoms with Crippen molar-refractivity contribution in [2.75, 3.05) is 18.0 Å². The van der Waals surface area contributed by atoms with Gasteiger partial charge in [-0.1, -0.05) is 11.6 Å². The van der Waals surface area contributed by atoms with Crippen LogP contribution in [0, 0.1) is 10.1 Å². The maximum Gasteiger partial charge on any atom is 0.271 e. The number of nitro groups is 1. The molecule has 0 radical (unpaired) electrons. The SMILES string of the molecule is O=C(NCc1cc([N+](=O)[O-])ccc1O)c1nc(N2CCCC2)ncc1Cl. The van der Waals surface area contributed by atoms with Crippen LogP contribution in [0.3, 0.4) is 0 Å². The molecule has 1 aromatic heterocycles. The molecule has 136 valence electrons. The number of hydrogen-bond donors (Lipinski definition) is 2. The molecule has 0 spiro atoms. The van der Waals surface area contributed by atoms with Crippen LogP contribution in [0.15, 0.2) is 24.4 Å². The predicted octanol–water partition coefficient (Wildman–Crippen LogP) is 2.27. The first-order valence-electron chi connectivity index (χ1n) is 7.97. The third-order valence-corrected chi connectivity index (χ3v) is 4.33. The average Bonchev–Trinajstić information content (AvgIpc) is 3.15. The monoisotopic (exact) mass is 377 g/mol. The Morgan fingerprint density at radius 3 is 2.81 bits per heavy atom. The number of non-ortho nitro benzene ring substituents is 1. The lowest BCUT2D eigenvalue weighted by Gasteiger charge is -2.16. The van der Waals surface area contributed by atoms with E-state index < -0.39 is 10.8 Å². The van der Waals surface area contributed by atoms with Crippen LogP contribution < -0.4 is 10.2 Å². The molecule has 0 aliphatic carbocycles. The van der Waals surface area contributed by atoms with Crippen molar-refractivity contribution in [3.8, 4) is 5.75 Å². The van der Waals surface area contributed by atoms with Gasteiger partial charge < -0.3 is 15.3 Å². The summed E-state index contributed by atoms with van der Waals surface area (Å²) < 4.78 is 0. The summed E-state index contributed by atoms with van der Waals surface area (Å²) in [6, 6.07) is 3.60. The molecule has 2 aromatic rings. The number of phenols is 1. The molecule has 3 rings (SSSR count). The van der Waals surface area contributed by atoms with Crippen molar-refractivity contribution in [2.45, 2.75) is 19.4 Å². The quantitative estimate of drug-likeness (QED) is 0.605. The number of carbonyl (C=O) groups excluding carboxylic acids is 1. The Morgan fingerprint density at radius 1 is 1.38 bits per heavy atom. The minimum Gasteiger partial charge on any atom is -0.508 e. The second-order valence-electron chi connectivity index (χ2n) is 5.81. The first kappa shape index (κ1) is 17.9. The standard InChI is InChI=1S/C16H16ClN5O4/c17-12-9-19-16(21-5-1-2-6-21)20-14(12)15(24)18-8-10-7-11(22(25)26)3-4-13(10)23/h3-4,7,9,23H,1-2,5-6,8H2,(H,18,24). The number of nitrogens with one attached hydrogen (secondary N) is 1. The summed E-state index contributed by atoms with van der Waals surface area (Å²) in [7, 11) is 0. The highest BCUT2D eigenvalue weighted by Gasteiger charge is 2.20. The lowest BCUT2D eigenvalue weighted by molar-refractivity contribution is -0.384. The Balaban J connectivity index is 1.75. The van der Waals surface area contributed by atoms with Crippen LogP contribution >= 0.6 is 11.6 Å². The zero-order valence-electron chi connectivity index (χ0n) is 13.7. The highest BCUT2D eigenvalue weighted by molar-refractivity contribution is 6.33. The zero-order chi connectivity index (χ0) is 18.7. The van der Waals surface area contributed by atoms with Crippen LogP contribution in [0.25, 0.3) is 0 Å². The topological polar surface area (TPSA) is 121 Å². The first-order chi connectivity index (χ1) is 12.5. The molecular weight excluding hydrogens is 362 g/mol. The van der Waals surface area contributed by atoms with Gasteiger partial charge in [-0.15, -0.1) is 0 Å². The number of nitrogens with zero attached hydrogens (tertiary/aromatic N) is 4. The minimum atomic E-state index is -0.575. The normalized spacial score (nSPS) is 13.7. The molecule has 2 N–H and O–H groups in total. The number of anilines is 1. The lowest BCUT2D eigenvalue weighted by Crippen LogP contribution is -2.27. The van der Waals surface area contributed by atoms with Gasteiger partial charge in [0.15, 0.2) is 5.69 Å². The summed E-state index contributed by atoms with van der Waals surface area (Å²) in [4.78, 5) is 33.0. The van der Waals surface area contributed by atoms with Gasteiger partial charge in [0.05, 0.1) is 16.1 Å². The van der Waals surface area contributed by atoms with Gasteiger partial charge in [-0.3, -0.25) is 14.9 Å². The van der Waals surface area contributed by atoms with E-state index in [0.29, 0.717) is 5.95 Å². The molecule has 2 heterocycles. The second-order valence-corrected chi connectivity index (χ2v) is 6.22. The predicted molar refractivity (Wildman–Crippen MR) is 94.4 cm³/mol. The van der Waals surface area contributed by atoms with Crippen molar-refractivity contribution in [1.82, 2.24) is 15.3 Å². The fraction of sp³-hybridized carbons (Fsp3) is 0.312. The van der Waals surface area contributed by atoms with Gasteiger partial charge in [-0.25, -0.2) is 9.97 Å². The molecule has 1 aromatic carbocycles. The largest absolute Gasteiger partial charge is 0.508 e. The second kappa shape index (κ2) is 7.52. The molecule has 0 atom stereocenters. The van der Waals surface area contributed by atoms with E-state index in [1.807, 2.05) is 4.90 Å². The van der Waals surface area contributed by atoms with Gasteiger partial charge >= 0.3 is 0 Å². The number of benzene rings is 1. The zero-order valence-corrected chi connectivity index (χ0v) is 14.4. The summed E-state index contributed by atoms with van der Waals surface area (Å²) in [5.41, 5.74) is 0.0643. The van der Waals surface area contributed by atoms with E-state index in [-0.39, 0.29) is 34.3 Å². The number of phenolic OH excluding ortho intramolecular Hbond substituents is 1. The number of carbonyl (C=O) groups is 1. The van der Waals surface area contributed by atoms with Crippen LogP contribution in [0.1, 0.15) is 28.9 Å². The number of nitro benzene ring substituents is 1. The van der Waals surface area contributed by atoms with Crippen molar-refractivity contribution >= 4 is 29.1 Å². The molecule has 10 heteroatoms. The van der Waals surface area contributed by atoms with E-state index >= 15 is 0 Å². The fourth-order valence-electron chi connectivity index (χ4n) is 2.67. The Hall–Kier alpha value is -2.94. The number of hydrogen-bond acceptors (Lipinski definition) is 7. The summed E-state index contributed by atoms with van der Waals surface area (Å²) in [6.45, 7) is 1.54. The Morgan fingerprint density at radius 2 is 2.12 bits per heavy atom. The van der Waals surface area contributed by atoms with Crippen LogP contribution in [0.4, 0.5) is 11.6 Å². The Bertz CT molecular complexity index is 855. The average molecular weight is 378 g/mol. The molecule has 9 nitrogen and oxygen atoms in total. The van der Waals surface area contributed by atoms with Crippen molar-refractivity contribution < 1.29 is 14.8 Å². The van der Waals surface area contributed by atoms with Gasteiger partial charge in [0.1, 0.15) is 5.75 Å². The Kier molecular flexibility index (Phi) is 5.17. The fourth-order valence-corrected chi connectivity index (χ4v) is 2.85. The van der Waals surface area contributed by atoms with E-state index in [1.54, 1.807) is 0 Å². The molecule has 26 heavy (non-hydrogen) atoms. The number of halogens is 1. The van der Waals surface area contributed by atoms with E-state index in [1.165, 1.54) is 24.4 Å². The molecule has 0 unspecified atom stereocenters. The van der Waals surface area contributed by atoms with E-state index in [9.17, 15) is 20.0 Å². The molecule has 1 aliphatic heterocycles. The maximum atomic E-state index is 12.4. The van der Waals surface area contributed by atoms with Crippen molar-refractivity contribution in [3.63, 3.8) is 0 Å². The molecule has 1 aliphatic rings. The van der Waals surface area contributed by atoms with E-state index in [2.05, 4.69) is 15.3 Å². The maximum absolute atomic E-state index is 12.4. The summed E-state index contributed by atoms with van der Waals surface area (Å²) in [5.74, 6) is -0.263. The van der Waals surface area contributed by atoms with Crippen LogP contribution in [-0.4, -0.2) is 39.0 Å². The van der Waals surface area contributed by atoms with Gasteiger partial charge in [0, 0.05) is 37.3 Å². The third kappa shape index (κ3) is 3.83. The summed E-state index contributed by atoms with van der Waals surface area (Å²) in [5, 5.41) is 23.3. The highest BCUT2D eigenvalue weighted by Crippen LogP contribution is 2.23. The minimum absolute atomic E-state index is 0.0217. The number of rotatable bonds is 5. The molecule has 1 fully saturated rings. The third-order valence-electron chi connectivity index (χ3n) is 4.05. The number of aromatic nitrogens is 2. The molecule has 1 saturated heterocycles. The van der Waals surface area contributed by atoms with Crippen molar-refractivity contribution in [2.24, 2.45) is 0 Å². The summed E-state index contributed by atoms with van der Waals surface area (Å²) >= 11 is 6.03. The van der Waals surface area contributed by atoms with Gasteiger partial charge in [0.25, 0.3) is 11.6 Å². The van der Waals surface area contributed by atoms with Crippen molar-refractivity contribution in [3.05, 3.63) is 50.8 Å². The van der Waals surface area contributed by atoms with Gasteiger partial charge in [-0.05, 0) is 18.9 Å². The first-order valence-corrected chi connectivity index (χ1v) is 8.35. The highest BCUT2D eigenvalue weighted by atomic mass is 35.5. The van der Waals surface area contributed by atoms with Crippen molar-refractivity contribution in [1.29, 1.82) is 0 Å². The van der Waals surface area contributed by atoms with Crippen LogP contribution in [0.5, 0.6) is 5.75 Å². The van der Waals surface area contributed by atoms with Gasteiger partial charge in [0.2, 0.25) is 5.95 Å². The molecule has 0 bridgehead atoms. The molecule has 1 amide bonds. The van der Waals surface area contributed by atoms with Gasteiger partial charge in [-0.2, -0.15) is 0 Å². The van der Waals surface area contributed by atoms with Crippen LogP contribution in [0.2, 0.25) is 5.02 Å². The van der Waals surface area contributed by atoms with E-state index in [4.69, 9.17) is 11.6 Å². The molecule has 0 saturated carbocycles. The summed E-state index contributed by atoms with van der Waals surface area (Å²) in [6.07, 6.45) is 3.46. The number of amides is 1. The number of aromatic hydroxyl groups is 1. The smallest absolute Gasteiger partial charge is 0.271 e. The molecular formula is C16H16ClN5O4. The van der Waals surface area contributed by atoms with Crippen LogP contribution in [-0.2, 0) is 6.54 Å². The Labute approximate surface area is 153 Å².